The Balaban J connectivity index is -0.000000202. The number of aliphatic hydroxyl groups excluding tert-OH is 5. The summed E-state index contributed by atoms with van der Waals surface area (Å²) in [5.41, 5.74) is 0. The van der Waals surface area contributed by atoms with Crippen molar-refractivity contribution in [3.8, 4) is 0 Å². The third kappa shape index (κ3) is 8.82. The molecule has 0 radical (unpaired) electrons. The molecule has 0 aromatic carbocycles. The maximum atomic E-state index is 9.90. The maximum absolute atomic E-state index is 9.90. The van der Waals surface area contributed by atoms with Crippen molar-refractivity contribution >= 4 is 18.7 Å². The summed E-state index contributed by atoms with van der Waals surface area (Å²) in [6, 6.07) is 0. The number of aliphatic hydroxyl groups is 5. The fourth-order valence-electron chi connectivity index (χ4n) is 0.618. The van der Waals surface area contributed by atoms with Crippen molar-refractivity contribution in [2.45, 2.75) is 24.4 Å². The largest absolute Gasteiger partial charge is 1.00 e. The fourth-order valence-corrected chi connectivity index (χ4v) is 0.618. The van der Waals surface area contributed by atoms with E-state index in [9.17, 15) is 4.79 Å². The second-order valence-corrected chi connectivity index (χ2v) is 2.36. The summed E-state index contributed by atoms with van der Waals surface area (Å²) in [5.74, 6) is 0. The monoisotopic (exact) mass is 274 g/mol. The van der Waals surface area contributed by atoms with Crippen LogP contribution in [0.25, 0.3) is 0 Å². The van der Waals surface area contributed by atoms with E-state index in [2.05, 4.69) is 0 Å². The fraction of sp³-hybridized carbons (Fsp3) is 0.833. The van der Waals surface area contributed by atoms with Crippen LogP contribution in [0.2, 0.25) is 0 Å². The van der Waals surface area contributed by atoms with Gasteiger partial charge in [0, 0.05) is 0 Å². The zero-order valence-electron chi connectivity index (χ0n) is 8.02. The summed E-state index contributed by atoms with van der Waals surface area (Å²) in [6.07, 6.45) is -6.84. The van der Waals surface area contributed by atoms with E-state index in [0.717, 1.165) is 0 Å². The molecule has 0 amide bonds. The van der Waals surface area contributed by atoms with Crippen molar-refractivity contribution in [2.24, 2.45) is 0 Å². The first-order valence-electron chi connectivity index (χ1n) is 3.33. The molecule has 9 heteroatoms. The van der Waals surface area contributed by atoms with Crippen molar-refractivity contribution in [3.63, 3.8) is 0 Å². The van der Waals surface area contributed by atoms with Gasteiger partial charge in [0.05, 0.1) is 6.61 Å². The van der Waals surface area contributed by atoms with Crippen LogP contribution < -0.4 is 42.0 Å². The van der Waals surface area contributed by atoms with Gasteiger partial charge in [0.2, 0.25) is 0 Å². The Morgan fingerprint density at radius 2 is 1.47 bits per heavy atom. The molecular formula is C6H13Cl2NaO6. The first kappa shape index (κ1) is 25.0. The van der Waals surface area contributed by atoms with E-state index in [1.54, 1.807) is 0 Å². The van der Waals surface area contributed by atoms with Gasteiger partial charge in [0.15, 0.2) is 6.29 Å². The molecule has 0 aliphatic heterocycles. The van der Waals surface area contributed by atoms with E-state index < -0.39 is 31.0 Å². The van der Waals surface area contributed by atoms with Gasteiger partial charge in [-0.15, -0.1) is 12.4 Å². The van der Waals surface area contributed by atoms with Gasteiger partial charge < -0.3 is 42.7 Å². The quantitative estimate of drug-likeness (QED) is 0.251. The first-order valence-corrected chi connectivity index (χ1v) is 3.33. The molecule has 0 bridgehead atoms. The zero-order valence-corrected chi connectivity index (χ0v) is 11.6. The maximum Gasteiger partial charge on any atom is 1.00 e. The Morgan fingerprint density at radius 1 is 1.07 bits per heavy atom. The predicted molar refractivity (Wildman–Crippen MR) is 44.4 cm³/mol. The van der Waals surface area contributed by atoms with Crippen molar-refractivity contribution in [1.82, 2.24) is 0 Å². The van der Waals surface area contributed by atoms with Gasteiger partial charge in [-0.3, -0.25) is 0 Å². The molecule has 5 N–H and O–H groups in total. The smallest absolute Gasteiger partial charge is 1.00 e. The second kappa shape index (κ2) is 13.1. The molecule has 0 aromatic rings. The van der Waals surface area contributed by atoms with E-state index >= 15 is 0 Å². The molecular weight excluding hydrogens is 262 g/mol. The Bertz CT molecular complexity index is 152. The van der Waals surface area contributed by atoms with E-state index in [1.807, 2.05) is 0 Å². The van der Waals surface area contributed by atoms with Crippen LogP contribution in [0.3, 0.4) is 0 Å². The normalized spacial score (nSPS) is 16.9. The van der Waals surface area contributed by atoms with Crippen LogP contribution in [0.15, 0.2) is 0 Å². The number of hydrogen-bond acceptors (Lipinski definition) is 6. The summed E-state index contributed by atoms with van der Waals surface area (Å²) >= 11 is 0. The zero-order chi connectivity index (χ0) is 9.72. The average molecular weight is 275 g/mol. The average Bonchev–Trinajstić information content (AvgIpc) is 2.12. The number of hydrogen-bond donors (Lipinski definition) is 5. The minimum atomic E-state index is -1.79. The minimum absolute atomic E-state index is 0. The van der Waals surface area contributed by atoms with Gasteiger partial charge in [0.1, 0.15) is 24.4 Å². The molecule has 0 aliphatic carbocycles. The van der Waals surface area contributed by atoms with Gasteiger partial charge in [-0.05, 0) is 0 Å². The molecule has 0 aromatic heterocycles. The molecule has 0 spiro atoms. The molecule has 6 nitrogen and oxygen atoms in total. The third-order valence-corrected chi connectivity index (χ3v) is 1.42. The molecule has 15 heavy (non-hydrogen) atoms. The van der Waals surface area contributed by atoms with Gasteiger partial charge in [-0.1, -0.05) is 0 Å². The van der Waals surface area contributed by atoms with E-state index in [-0.39, 0.29) is 60.7 Å². The second-order valence-electron chi connectivity index (χ2n) is 2.36. The van der Waals surface area contributed by atoms with E-state index in [4.69, 9.17) is 25.5 Å². The molecule has 88 valence electrons. The SMILES string of the molecule is Cl.O=C[C@H](O)[C@@H](O)[C@H](O)[C@H](O)CO.[Cl-].[Na+]. The third-order valence-electron chi connectivity index (χ3n) is 1.42. The van der Waals surface area contributed by atoms with Crippen LogP contribution in [0, 0.1) is 0 Å². The summed E-state index contributed by atoms with van der Waals surface area (Å²) in [5, 5.41) is 43.5. The molecule has 0 fully saturated rings. The Kier molecular flexibility index (Phi) is 21.9. The Labute approximate surface area is 121 Å². The topological polar surface area (TPSA) is 118 Å². The summed E-state index contributed by atoms with van der Waals surface area (Å²) < 4.78 is 0. The van der Waals surface area contributed by atoms with Crippen LogP contribution in [0.5, 0.6) is 0 Å². The number of aldehydes is 1. The van der Waals surface area contributed by atoms with Crippen LogP contribution in [-0.4, -0.2) is 62.8 Å². The molecule has 0 aliphatic rings. The van der Waals surface area contributed by atoms with Crippen LogP contribution in [0.4, 0.5) is 0 Å². The van der Waals surface area contributed by atoms with E-state index in [0.29, 0.717) is 0 Å². The van der Waals surface area contributed by atoms with Gasteiger partial charge in [-0.25, -0.2) is 0 Å². The van der Waals surface area contributed by atoms with Crippen LogP contribution in [-0.2, 0) is 4.79 Å². The van der Waals surface area contributed by atoms with Gasteiger partial charge >= 0.3 is 29.6 Å². The summed E-state index contributed by atoms with van der Waals surface area (Å²) in [7, 11) is 0. The van der Waals surface area contributed by atoms with Crippen LogP contribution in [0.1, 0.15) is 0 Å². The van der Waals surface area contributed by atoms with Crippen molar-refractivity contribution < 1.29 is 72.3 Å². The number of rotatable bonds is 5. The Morgan fingerprint density at radius 3 is 1.73 bits per heavy atom. The summed E-state index contributed by atoms with van der Waals surface area (Å²) in [6.45, 7) is -0.760. The van der Waals surface area contributed by atoms with Crippen LogP contribution >= 0.6 is 12.4 Å². The molecule has 4 atom stereocenters. The predicted octanol–water partition coefficient (Wildman–Crippen LogP) is -8.95. The molecule has 0 rings (SSSR count). The van der Waals surface area contributed by atoms with Crippen molar-refractivity contribution in [2.75, 3.05) is 6.61 Å². The molecule has 0 unspecified atom stereocenters. The standard InChI is InChI=1S/C6H12O6.2ClH.Na/c7-1-3(9)5(11)6(12)4(10)2-8;;;/h1,3-6,8-12H,2H2;2*1H;/q;;;+1/p-1/t3-,4+,5+,6+;;;/m0.../s1. The number of carbonyl (C=O) groups is 1. The number of carbonyl (C=O) groups excluding carboxylic acids is 1. The van der Waals surface area contributed by atoms with Crippen molar-refractivity contribution in [1.29, 1.82) is 0 Å². The van der Waals surface area contributed by atoms with E-state index in [1.165, 1.54) is 0 Å². The van der Waals surface area contributed by atoms with Crippen molar-refractivity contribution in [3.05, 3.63) is 0 Å². The molecule has 0 saturated carbocycles. The summed E-state index contributed by atoms with van der Waals surface area (Å²) in [4.78, 5) is 9.90. The van der Waals surface area contributed by atoms with Gasteiger partial charge in [-0.2, -0.15) is 0 Å². The molecule has 0 saturated heterocycles. The first-order chi connectivity index (χ1) is 5.54. The molecule has 0 heterocycles. The number of halogens is 2. The Hall–Kier alpha value is 1.05. The minimum Gasteiger partial charge on any atom is -1.00 e. The van der Waals surface area contributed by atoms with Gasteiger partial charge in [0.25, 0.3) is 0 Å².